The Morgan fingerprint density at radius 1 is 1.26 bits per heavy atom. The van der Waals surface area contributed by atoms with E-state index in [1.165, 1.54) is 4.90 Å². The SMILES string of the molecule is CCCO[C@H]1OC(=O)C[C@H]1NC(=O)[C@@H]1CCCN1C(=O)[C@@H](NC(=O)c1ccccc1Cl)C(C)C. The second kappa shape index (κ2) is 11.7. The normalized spacial score (nSPS) is 23.0. The third-order valence-corrected chi connectivity index (χ3v) is 6.28. The predicted molar refractivity (Wildman–Crippen MR) is 125 cm³/mol. The highest BCUT2D eigenvalue weighted by atomic mass is 35.5. The van der Waals surface area contributed by atoms with E-state index in [-0.39, 0.29) is 29.7 Å². The fourth-order valence-electron chi connectivity index (χ4n) is 4.18. The highest BCUT2D eigenvalue weighted by Crippen LogP contribution is 2.23. The third kappa shape index (κ3) is 6.07. The minimum Gasteiger partial charge on any atom is -0.433 e. The van der Waals surface area contributed by atoms with Gasteiger partial charge >= 0.3 is 5.97 Å². The molecule has 2 saturated heterocycles. The zero-order valence-electron chi connectivity index (χ0n) is 19.7. The minimum atomic E-state index is -0.833. The topological polar surface area (TPSA) is 114 Å². The van der Waals surface area contributed by atoms with Crippen molar-refractivity contribution in [3.8, 4) is 0 Å². The molecule has 0 aromatic heterocycles. The molecule has 0 bridgehead atoms. The number of likely N-dealkylation sites (tertiary alicyclic amines) is 1. The van der Waals surface area contributed by atoms with E-state index in [9.17, 15) is 19.2 Å². The van der Waals surface area contributed by atoms with Crippen molar-refractivity contribution in [1.29, 1.82) is 0 Å². The van der Waals surface area contributed by atoms with Crippen LogP contribution in [0, 0.1) is 5.92 Å². The molecule has 1 aromatic carbocycles. The molecule has 2 fully saturated rings. The van der Waals surface area contributed by atoms with Crippen LogP contribution in [0.5, 0.6) is 0 Å². The molecular weight excluding hydrogens is 462 g/mol. The maximum absolute atomic E-state index is 13.4. The molecule has 34 heavy (non-hydrogen) atoms. The Balaban J connectivity index is 1.68. The Labute approximate surface area is 204 Å². The summed E-state index contributed by atoms with van der Waals surface area (Å²) in [4.78, 5) is 52.6. The Hall–Kier alpha value is -2.65. The Morgan fingerprint density at radius 3 is 2.68 bits per heavy atom. The van der Waals surface area contributed by atoms with Crippen LogP contribution in [-0.4, -0.2) is 66.2 Å². The summed E-state index contributed by atoms with van der Waals surface area (Å²) in [6.45, 7) is 6.40. The van der Waals surface area contributed by atoms with Crippen LogP contribution in [0.3, 0.4) is 0 Å². The molecule has 1 aromatic rings. The van der Waals surface area contributed by atoms with E-state index in [4.69, 9.17) is 21.1 Å². The number of rotatable bonds is 9. The number of amides is 3. The number of carbonyl (C=O) groups is 4. The monoisotopic (exact) mass is 493 g/mol. The van der Waals surface area contributed by atoms with Crippen molar-refractivity contribution in [3.05, 3.63) is 34.9 Å². The number of benzene rings is 1. The quantitative estimate of drug-likeness (QED) is 0.510. The fraction of sp³-hybridized carbons (Fsp3) is 0.583. The average molecular weight is 494 g/mol. The first-order chi connectivity index (χ1) is 16.2. The minimum absolute atomic E-state index is 0.0172. The molecule has 3 rings (SSSR count). The van der Waals surface area contributed by atoms with Crippen molar-refractivity contribution in [2.75, 3.05) is 13.2 Å². The summed E-state index contributed by atoms with van der Waals surface area (Å²) in [5.41, 5.74) is 0.280. The van der Waals surface area contributed by atoms with Gasteiger partial charge in [-0.1, -0.05) is 44.5 Å². The van der Waals surface area contributed by atoms with Gasteiger partial charge in [-0.2, -0.15) is 0 Å². The molecule has 0 unspecified atom stereocenters. The molecule has 0 aliphatic carbocycles. The van der Waals surface area contributed by atoms with Gasteiger partial charge in [0.25, 0.3) is 5.91 Å². The van der Waals surface area contributed by atoms with Crippen molar-refractivity contribution in [2.45, 2.75) is 70.9 Å². The summed E-state index contributed by atoms with van der Waals surface area (Å²) in [5, 5.41) is 5.91. The van der Waals surface area contributed by atoms with E-state index < -0.39 is 36.3 Å². The molecule has 2 aliphatic heterocycles. The smallest absolute Gasteiger partial charge is 0.310 e. The molecule has 0 radical (unpaired) electrons. The molecule has 0 spiro atoms. The molecule has 186 valence electrons. The number of nitrogens with zero attached hydrogens (tertiary/aromatic N) is 1. The van der Waals surface area contributed by atoms with Crippen LogP contribution in [-0.2, 0) is 23.9 Å². The molecule has 9 nitrogen and oxygen atoms in total. The highest BCUT2D eigenvalue weighted by Gasteiger charge is 2.42. The van der Waals surface area contributed by atoms with Gasteiger partial charge in [-0.25, -0.2) is 0 Å². The van der Waals surface area contributed by atoms with Gasteiger partial charge in [0.2, 0.25) is 18.1 Å². The molecule has 2 aliphatic rings. The molecule has 3 amide bonds. The summed E-state index contributed by atoms with van der Waals surface area (Å²) in [6.07, 6.45) is 1.07. The largest absolute Gasteiger partial charge is 0.433 e. The van der Waals surface area contributed by atoms with Crippen molar-refractivity contribution in [2.24, 2.45) is 5.92 Å². The van der Waals surface area contributed by atoms with Gasteiger partial charge in [0.1, 0.15) is 18.1 Å². The Morgan fingerprint density at radius 2 is 2.00 bits per heavy atom. The van der Waals surface area contributed by atoms with Gasteiger partial charge < -0.3 is 25.0 Å². The van der Waals surface area contributed by atoms with E-state index in [0.717, 1.165) is 6.42 Å². The lowest BCUT2D eigenvalue weighted by molar-refractivity contribution is -0.165. The van der Waals surface area contributed by atoms with E-state index in [2.05, 4.69) is 10.6 Å². The fourth-order valence-corrected chi connectivity index (χ4v) is 4.40. The van der Waals surface area contributed by atoms with Crippen LogP contribution in [0.4, 0.5) is 0 Å². The maximum Gasteiger partial charge on any atom is 0.310 e. The first kappa shape index (κ1) is 26.0. The summed E-state index contributed by atoms with van der Waals surface area (Å²) >= 11 is 6.13. The van der Waals surface area contributed by atoms with Crippen LogP contribution < -0.4 is 10.6 Å². The lowest BCUT2D eigenvalue weighted by Crippen LogP contribution is -2.56. The number of cyclic esters (lactones) is 1. The summed E-state index contributed by atoms with van der Waals surface area (Å²) < 4.78 is 10.7. The second-order valence-corrected chi connectivity index (χ2v) is 9.32. The summed E-state index contributed by atoms with van der Waals surface area (Å²) in [6, 6.07) is 4.49. The molecule has 10 heteroatoms. The van der Waals surface area contributed by atoms with Gasteiger partial charge in [0, 0.05) is 6.54 Å². The second-order valence-electron chi connectivity index (χ2n) is 8.91. The van der Waals surface area contributed by atoms with Crippen LogP contribution in [0.1, 0.15) is 56.8 Å². The van der Waals surface area contributed by atoms with E-state index >= 15 is 0 Å². The van der Waals surface area contributed by atoms with Crippen LogP contribution in [0.15, 0.2) is 24.3 Å². The number of carbonyl (C=O) groups excluding carboxylic acids is 4. The zero-order valence-corrected chi connectivity index (χ0v) is 20.5. The first-order valence-electron chi connectivity index (χ1n) is 11.7. The van der Waals surface area contributed by atoms with Crippen LogP contribution in [0.25, 0.3) is 0 Å². The molecule has 2 N–H and O–H groups in total. The lowest BCUT2D eigenvalue weighted by Gasteiger charge is -2.31. The summed E-state index contributed by atoms with van der Waals surface area (Å²) in [7, 11) is 0. The number of esters is 1. The van der Waals surface area contributed by atoms with Gasteiger partial charge in [-0.3, -0.25) is 19.2 Å². The molecule has 4 atom stereocenters. The average Bonchev–Trinajstić information content (AvgIpc) is 3.42. The standard InChI is InChI=1S/C24H32ClN3O6/c1-4-12-33-24-17(13-19(29)34-24)26-22(31)18-10-7-11-28(18)23(32)20(14(2)3)27-21(30)15-8-5-6-9-16(15)25/h5-6,8-9,14,17-18,20,24H,4,7,10-13H2,1-3H3,(H,26,31)(H,27,30)/t17-,18+,20+,24+/m1/s1. The number of nitrogens with one attached hydrogen (secondary N) is 2. The molecule has 0 saturated carbocycles. The predicted octanol–water partition coefficient (Wildman–Crippen LogP) is 2.27. The van der Waals surface area contributed by atoms with Crippen LogP contribution in [0.2, 0.25) is 5.02 Å². The van der Waals surface area contributed by atoms with E-state index in [0.29, 0.717) is 31.0 Å². The zero-order chi connectivity index (χ0) is 24.8. The summed E-state index contributed by atoms with van der Waals surface area (Å²) in [5.74, 6) is -1.79. The van der Waals surface area contributed by atoms with Crippen molar-refractivity contribution < 1.29 is 28.7 Å². The highest BCUT2D eigenvalue weighted by molar-refractivity contribution is 6.33. The number of hydrogen-bond acceptors (Lipinski definition) is 6. The van der Waals surface area contributed by atoms with Gasteiger partial charge in [0.15, 0.2) is 0 Å². The van der Waals surface area contributed by atoms with Gasteiger partial charge in [-0.05, 0) is 37.3 Å². The van der Waals surface area contributed by atoms with Gasteiger partial charge in [-0.15, -0.1) is 0 Å². The van der Waals surface area contributed by atoms with Gasteiger partial charge in [0.05, 0.1) is 23.6 Å². The van der Waals surface area contributed by atoms with Crippen molar-refractivity contribution in [3.63, 3.8) is 0 Å². The van der Waals surface area contributed by atoms with Crippen molar-refractivity contribution >= 4 is 35.3 Å². The number of halogens is 1. The van der Waals surface area contributed by atoms with Crippen molar-refractivity contribution in [1.82, 2.24) is 15.5 Å². The molecule has 2 heterocycles. The number of hydrogen-bond donors (Lipinski definition) is 2. The Kier molecular flexibility index (Phi) is 8.90. The molecular formula is C24H32ClN3O6. The van der Waals surface area contributed by atoms with E-state index in [1.807, 2.05) is 20.8 Å². The number of ether oxygens (including phenoxy) is 2. The Bertz CT molecular complexity index is 924. The maximum atomic E-state index is 13.4. The van der Waals surface area contributed by atoms with E-state index in [1.54, 1.807) is 24.3 Å². The third-order valence-electron chi connectivity index (χ3n) is 5.95. The lowest BCUT2D eigenvalue weighted by atomic mass is 10.0. The first-order valence-corrected chi connectivity index (χ1v) is 12.1. The van der Waals surface area contributed by atoms with Crippen LogP contribution >= 0.6 is 11.6 Å².